The van der Waals surface area contributed by atoms with Gasteiger partial charge in [0.1, 0.15) is 0 Å². The minimum atomic E-state index is 0. The Morgan fingerprint density at radius 2 is 0.500 bits per heavy atom. The van der Waals surface area contributed by atoms with Crippen LogP contribution in [0.4, 0.5) is 0 Å². The Morgan fingerprint density at radius 1 is 0.375 bits per heavy atom. The van der Waals surface area contributed by atoms with E-state index in [0.29, 0.717) is 0 Å². The van der Waals surface area contributed by atoms with Crippen molar-refractivity contribution >= 4 is 0 Å². The molecule has 0 aromatic heterocycles. The predicted octanol–water partition coefficient (Wildman–Crippen LogP) is 1.91. The molecule has 1 saturated carbocycles. The van der Waals surface area contributed by atoms with E-state index in [2.05, 4.69) is 0 Å². The van der Waals surface area contributed by atoms with Crippen LogP contribution in [0, 0.1) is 0 Å². The van der Waals surface area contributed by atoms with E-state index in [0.717, 1.165) is 0 Å². The second-order valence-corrected chi connectivity index (χ2v) is 2.47. The lowest BCUT2D eigenvalue weighted by Gasteiger charge is -1.85. The normalized spacial score (nSPS) is 21.0. The van der Waals surface area contributed by atoms with E-state index in [1.54, 1.807) is 0 Å². The highest BCUT2D eigenvalue weighted by molar-refractivity contribution is 4.51. The molecule has 0 aromatic carbocycles. The summed E-state index contributed by atoms with van der Waals surface area (Å²) in [6, 6.07) is 0. The molecule has 1 aliphatic rings. The van der Waals surface area contributed by atoms with Crippen LogP contribution in [0.3, 0.4) is 0 Å². The van der Waals surface area contributed by atoms with Gasteiger partial charge in [-0.05, 0) is 0 Å². The van der Waals surface area contributed by atoms with Gasteiger partial charge in [-0.15, -0.1) is 0 Å². The average Bonchev–Trinajstić information content (AvgIpc) is 1.90. The molecule has 0 aromatic rings. The molecule has 0 amide bonds. The van der Waals surface area contributed by atoms with Gasteiger partial charge in [0.2, 0.25) is 0 Å². The van der Waals surface area contributed by atoms with Crippen molar-refractivity contribution in [1.29, 1.82) is 0 Å². The van der Waals surface area contributed by atoms with E-state index in [1.165, 1.54) is 44.9 Å². The first-order valence-electron chi connectivity index (χ1n) is 3.50. The molecule has 0 radical (unpaired) electrons. The van der Waals surface area contributed by atoms with Gasteiger partial charge in [-0.3, -0.25) is 0 Å². The summed E-state index contributed by atoms with van der Waals surface area (Å²) in [5.74, 6) is 0. The van der Waals surface area contributed by atoms with Crippen LogP contribution >= 0.6 is 0 Å². The standard InChI is InChI=1S/C7H14.H2O/c1-2-4-6-7-5-3-1;/h1-7H2;1H2. The molecule has 1 aliphatic carbocycles. The topological polar surface area (TPSA) is 31.5 Å². The second kappa shape index (κ2) is 5.10. The van der Waals surface area contributed by atoms with Crippen LogP contribution in [0.2, 0.25) is 0 Å². The van der Waals surface area contributed by atoms with E-state index in [9.17, 15) is 0 Å². The highest BCUT2D eigenvalue weighted by Gasteiger charge is 1.95. The van der Waals surface area contributed by atoms with E-state index in [-0.39, 0.29) is 5.48 Å². The van der Waals surface area contributed by atoms with E-state index < -0.39 is 0 Å². The lowest BCUT2D eigenvalue weighted by molar-refractivity contribution is 0.702. The Morgan fingerprint density at radius 3 is 0.625 bits per heavy atom. The smallest absolute Gasteiger partial charge is 0.0533 e. The molecule has 0 bridgehead atoms. The Bertz CT molecular complexity index is 24.0. The SMILES string of the molecule is C1CCCCCC1.O. The molecule has 0 saturated heterocycles. The van der Waals surface area contributed by atoms with Gasteiger partial charge in [-0.1, -0.05) is 44.9 Å². The predicted molar refractivity (Wildman–Crippen MR) is 35.9 cm³/mol. The molecule has 1 nitrogen and oxygen atoms in total. The van der Waals surface area contributed by atoms with Gasteiger partial charge in [-0.2, -0.15) is 0 Å². The van der Waals surface area contributed by atoms with Crippen LogP contribution in [0.5, 0.6) is 0 Å². The van der Waals surface area contributed by atoms with Gasteiger partial charge in [0, 0.05) is 0 Å². The largest absolute Gasteiger partial charge is 0.412 e. The Kier molecular flexibility index (Phi) is 5.08. The van der Waals surface area contributed by atoms with Gasteiger partial charge in [0.05, 0.1) is 0 Å². The van der Waals surface area contributed by atoms with E-state index >= 15 is 0 Å². The highest BCUT2D eigenvalue weighted by atomic mass is 16.0. The lowest BCUT2D eigenvalue weighted by atomic mass is 10.2. The van der Waals surface area contributed by atoms with Crippen molar-refractivity contribution in [2.45, 2.75) is 44.9 Å². The monoisotopic (exact) mass is 116 g/mol. The number of hydrogen-bond acceptors (Lipinski definition) is 0. The maximum atomic E-state index is 1.50. The summed E-state index contributed by atoms with van der Waals surface area (Å²) >= 11 is 0. The third-order valence-corrected chi connectivity index (χ3v) is 1.75. The van der Waals surface area contributed by atoms with Crippen molar-refractivity contribution in [3.8, 4) is 0 Å². The first-order valence-corrected chi connectivity index (χ1v) is 3.50. The zero-order chi connectivity index (χ0) is 4.95. The summed E-state index contributed by atoms with van der Waals surface area (Å²) in [6.45, 7) is 0. The first kappa shape index (κ1) is 7.96. The third kappa shape index (κ3) is 3.03. The first-order chi connectivity index (χ1) is 3.50. The van der Waals surface area contributed by atoms with Crippen LogP contribution in [-0.2, 0) is 0 Å². The Balaban J connectivity index is 0.000000490. The molecular weight excluding hydrogens is 100 g/mol. The van der Waals surface area contributed by atoms with Crippen molar-refractivity contribution in [3.63, 3.8) is 0 Å². The minimum Gasteiger partial charge on any atom is -0.412 e. The molecule has 2 N–H and O–H groups in total. The molecule has 1 heteroatoms. The molecule has 1 rings (SSSR count). The van der Waals surface area contributed by atoms with Crippen molar-refractivity contribution in [1.82, 2.24) is 0 Å². The zero-order valence-electron chi connectivity index (χ0n) is 5.45. The van der Waals surface area contributed by atoms with Gasteiger partial charge < -0.3 is 5.48 Å². The van der Waals surface area contributed by atoms with Crippen molar-refractivity contribution in [2.24, 2.45) is 0 Å². The highest BCUT2D eigenvalue weighted by Crippen LogP contribution is 2.15. The summed E-state index contributed by atoms with van der Waals surface area (Å²) in [5.41, 5.74) is 0. The molecule has 0 atom stereocenters. The average molecular weight is 116 g/mol. The maximum Gasteiger partial charge on any atom is -0.0533 e. The van der Waals surface area contributed by atoms with Crippen LogP contribution in [0.15, 0.2) is 0 Å². The van der Waals surface area contributed by atoms with Gasteiger partial charge in [0.15, 0.2) is 0 Å². The van der Waals surface area contributed by atoms with Crippen LogP contribution in [-0.4, -0.2) is 5.48 Å². The Labute approximate surface area is 51.4 Å². The summed E-state index contributed by atoms with van der Waals surface area (Å²) in [7, 11) is 0. The fourth-order valence-electron chi connectivity index (χ4n) is 1.24. The summed E-state index contributed by atoms with van der Waals surface area (Å²) in [6.07, 6.45) is 10.5. The number of rotatable bonds is 0. The fraction of sp³-hybridized carbons (Fsp3) is 1.00. The maximum absolute atomic E-state index is 1.50. The Hall–Kier alpha value is -0.0400. The summed E-state index contributed by atoms with van der Waals surface area (Å²) in [4.78, 5) is 0. The molecule has 50 valence electrons. The van der Waals surface area contributed by atoms with Crippen molar-refractivity contribution < 1.29 is 5.48 Å². The minimum absolute atomic E-state index is 0. The molecule has 1 fully saturated rings. The molecule has 0 heterocycles. The molecule has 0 spiro atoms. The molecule has 0 unspecified atom stereocenters. The van der Waals surface area contributed by atoms with Gasteiger partial charge in [0.25, 0.3) is 0 Å². The number of hydrogen-bond donors (Lipinski definition) is 0. The van der Waals surface area contributed by atoms with Crippen LogP contribution < -0.4 is 0 Å². The molecule has 8 heavy (non-hydrogen) atoms. The van der Waals surface area contributed by atoms with E-state index in [1.807, 2.05) is 0 Å². The molecular formula is C7H16O. The summed E-state index contributed by atoms with van der Waals surface area (Å²) < 4.78 is 0. The molecule has 0 aliphatic heterocycles. The second-order valence-electron chi connectivity index (χ2n) is 2.47. The van der Waals surface area contributed by atoms with E-state index in [4.69, 9.17) is 0 Å². The van der Waals surface area contributed by atoms with Crippen molar-refractivity contribution in [2.75, 3.05) is 0 Å². The quantitative estimate of drug-likeness (QED) is 0.433. The fourth-order valence-corrected chi connectivity index (χ4v) is 1.24. The van der Waals surface area contributed by atoms with Gasteiger partial charge in [-0.25, -0.2) is 0 Å². The van der Waals surface area contributed by atoms with Crippen LogP contribution in [0.25, 0.3) is 0 Å². The van der Waals surface area contributed by atoms with Crippen LogP contribution in [0.1, 0.15) is 44.9 Å². The lowest BCUT2D eigenvalue weighted by Crippen LogP contribution is -1.66. The summed E-state index contributed by atoms with van der Waals surface area (Å²) in [5, 5.41) is 0. The van der Waals surface area contributed by atoms with Gasteiger partial charge >= 0.3 is 0 Å². The zero-order valence-corrected chi connectivity index (χ0v) is 5.45. The van der Waals surface area contributed by atoms with Crippen molar-refractivity contribution in [3.05, 3.63) is 0 Å². The third-order valence-electron chi connectivity index (χ3n) is 1.75.